The minimum absolute atomic E-state index is 0. The van der Waals surface area contributed by atoms with E-state index in [-0.39, 0.29) is 25.9 Å². The normalized spacial score (nSPS) is 17.4. The molecule has 2 aliphatic heterocycles. The van der Waals surface area contributed by atoms with Crippen LogP contribution in [-0.2, 0) is 10.5 Å². The standard InChI is InChI=1S/C17H28N6O2S.2H2O.2H2/c1-18-17(24)20-13-3-5-23(6-4-13)16-19-14(12-26-2)11-15(21-16)22-7-9-25-10-8-22;;;;/h11,13H,3-10,12H2,1-2H3,(H2,18,20,24);2*1H2;2*1H. The molecule has 2 saturated heterocycles. The Kier molecular flexibility index (Phi) is 10.3. The SMILES string of the molecule is CNC(=O)NC1CCN(c2nc(CSC)cc(N3CCOCC3)n2)CC1.O.O.[HH].[HH]. The molecular weight excluding hydrogens is 384 g/mol. The van der Waals surface area contributed by atoms with Gasteiger partial charge in [0.1, 0.15) is 5.82 Å². The third kappa shape index (κ3) is 6.36. The van der Waals surface area contributed by atoms with Gasteiger partial charge in [-0.15, -0.1) is 0 Å². The first-order valence-electron chi connectivity index (χ1n) is 9.12. The zero-order valence-corrected chi connectivity index (χ0v) is 17.3. The number of urea groups is 1. The third-order valence-electron chi connectivity index (χ3n) is 4.72. The van der Waals surface area contributed by atoms with Gasteiger partial charge in [-0.25, -0.2) is 9.78 Å². The highest BCUT2D eigenvalue weighted by Gasteiger charge is 2.23. The number of nitrogens with one attached hydrogen (secondary N) is 2. The maximum absolute atomic E-state index is 11.5. The number of piperidine rings is 1. The minimum atomic E-state index is -0.115. The van der Waals surface area contributed by atoms with Gasteiger partial charge >= 0.3 is 6.03 Å². The fourth-order valence-electron chi connectivity index (χ4n) is 3.27. The molecule has 10 nitrogen and oxygen atoms in total. The minimum Gasteiger partial charge on any atom is -0.412 e. The molecule has 0 spiro atoms. The number of rotatable bonds is 5. The average molecular weight is 421 g/mol. The molecule has 0 aliphatic carbocycles. The van der Waals surface area contributed by atoms with Gasteiger partial charge in [-0.3, -0.25) is 0 Å². The molecule has 2 aliphatic rings. The Morgan fingerprint density at radius 1 is 1.21 bits per heavy atom. The van der Waals surface area contributed by atoms with Gasteiger partial charge in [0.2, 0.25) is 5.95 Å². The summed E-state index contributed by atoms with van der Waals surface area (Å²) >= 11 is 1.77. The maximum Gasteiger partial charge on any atom is 0.314 e. The summed E-state index contributed by atoms with van der Waals surface area (Å²) in [5.74, 6) is 2.67. The van der Waals surface area contributed by atoms with Crippen LogP contribution in [-0.4, -0.2) is 85.7 Å². The summed E-state index contributed by atoms with van der Waals surface area (Å²) in [6, 6.07) is 2.20. The summed E-state index contributed by atoms with van der Waals surface area (Å²) in [6.45, 7) is 4.92. The first-order chi connectivity index (χ1) is 12.7. The Bertz CT molecular complexity index is 620. The van der Waals surface area contributed by atoms with Crippen LogP contribution in [0.1, 0.15) is 21.4 Å². The van der Waals surface area contributed by atoms with Gasteiger partial charge in [0.05, 0.1) is 18.9 Å². The first-order valence-corrected chi connectivity index (χ1v) is 10.5. The van der Waals surface area contributed by atoms with Crippen molar-refractivity contribution in [3.8, 4) is 0 Å². The maximum atomic E-state index is 11.5. The van der Waals surface area contributed by atoms with Crippen molar-refractivity contribution in [2.45, 2.75) is 24.6 Å². The monoisotopic (exact) mass is 420 g/mol. The second kappa shape index (κ2) is 11.9. The molecule has 6 N–H and O–H groups in total. The van der Waals surface area contributed by atoms with Crippen LogP contribution in [0.25, 0.3) is 0 Å². The molecule has 3 rings (SSSR count). The van der Waals surface area contributed by atoms with Crippen molar-refractivity contribution < 1.29 is 23.3 Å². The Morgan fingerprint density at radius 3 is 2.50 bits per heavy atom. The number of anilines is 2. The quantitative estimate of drug-likeness (QED) is 0.677. The Hall–Kier alpha value is -1.82. The van der Waals surface area contributed by atoms with Crippen LogP contribution in [0, 0.1) is 0 Å². The van der Waals surface area contributed by atoms with Crippen LogP contribution in [0.4, 0.5) is 16.6 Å². The van der Waals surface area contributed by atoms with Gasteiger partial charge in [-0.05, 0) is 19.1 Å². The van der Waals surface area contributed by atoms with E-state index in [9.17, 15) is 4.79 Å². The number of ether oxygens (including phenoxy) is 1. The number of hydrogen-bond acceptors (Lipinski definition) is 7. The molecule has 1 aromatic rings. The van der Waals surface area contributed by atoms with E-state index in [1.165, 1.54) is 0 Å². The number of carbonyl (C=O) groups excluding carboxylic acids is 1. The summed E-state index contributed by atoms with van der Waals surface area (Å²) in [6.07, 6.45) is 3.89. The number of hydrogen-bond donors (Lipinski definition) is 2. The van der Waals surface area contributed by atoms with Crippen molar-refractivity contribution in [1.29, 1.82) is 0 Å². The summed E-state index contributed by atoms with van der Waals surface area (Å²) in [5, 5.41) is 5.61. The molecule has 3 heterocycles. The highest BCUT2D eigenvalue weighted by atomic mass is 32.2. The van der Waals surface area contributed by atoms with Crippen molar-refractivity contribution in [2.75, 3.05) is 62.5 Å². The Balaban J connectivity index is 0. The highest BCUT2D eigenvalue weighted by molar-refractivity contribution is 7.97. The number of morpholine rings is 1. The van der Waals surface area contributed by atoms with Gasteiger partial charge in [0, 0.05) is 53.9 Å². The van der Waals surface area contributed by atoms with Crippen molar-refractivity contribution >= 4 is 29.6 Å². The van der Waals surface area contributed by atoms with E-state index < -0.39 is 0 Å². The lowest BCUT2D eigenvalue weighted by Crippen LogP contribution is -2.47. The molecule has 28 heavy (non-hydrogen) atoms. The van der Waals surface area contributed by atoms with Crippen LogP contribution >= 0.6 is 11.8 Å². The predicted molar refractivity (Wildman–Crippen MR) is 117 cm³/mol. The predicted octanol–water partition coefficient (Wildman–Crippen LogP) is -0.0834. The number of aromatic nitrogens is 2. The molecule has 0 aromatic carbocycles. The lowest BCUT2D eigenvalue weighted by molar-refractivity contribution is 0.122. The van der Waals surface area contributed by atoms with E-state index in [2.05, 4.69) is 32.8 Å². The number of carbonyl (C=O) groups is 1. The van der Waals surface area contributed by atoms with E-state index in [1.807, 2.05) is 0 Å². The van der Waals surface area contributed by atoms with E-state index in [0.717, 1.165) is 75.4 Å². The molecule has 164 valence electrons. The first kappa shape index (κ1) is 24.2. The molecule has 0 bridgehead atoms. The van der Waals surface area contributed by atoms with Crippen molar-refractivity contribution in [2.24, 2.45) is 0 Å². The van der Waals surface area contributed by atoms with Gasteiger partial charge in [-0.1, -0.05) is 0 Å². The molecule has 0 unspecified atom stereocenters. The molecular formula is C17H36N6O4S. The van der Waals surface area contributed by atoms with Crippen LogP contribution in [0.15, 0.2) is 6.07 Å². The van der Waals surface area contributed by atoms with Crippen LogP contribution < -0.4 is 20.4 Å². The molecule has 11 heteroatoms. The van der Waals surface area contributed by atoms with Gasteiger partial charge < -0.3 is 36.1 Å². The fraction of sp³-hybridized carbons (Fsp3) is 0.706. The number of amides is 2. The second-order valence-electron chi connectivity index (χ2n) is 6.53. The molecule has 0 atom stereocenters. The smallest absolute Gasteiger partial charge is 0.314 e. The van der Waals surface area contributed by atoms with Gasteiger partial charge in [0.25, 0.3) is 0 Å². The third-order valence-corrected chi connectivity index (χ3v) is 5.31. The summed E-state index contributed by atoms with van der Waals surface area (Å²) in [5.41, 5.74) is 1.06. The van der Waals surface area contributed by atoms with Crippen molar-refractivity contribution in [3.63, 3.8) is 0 Å². The van der Waals surface area contributed by atoms with Crippen molar-refractivity contribution in [1.82, 2.24) is 20.6 Å². The number of nitrogens with zero attached hydrogens (tertiary/aromatic N) is 4. The summed E-state index contributed by atoms with van der Waals surface area (Å²) < 4.78 is 5.46. The zero-order valence-electron chi connectivity index (χ0n) is 16.5. The molecule has 0 radical (unpaired) electrons. The molecule has 0 saturated carbocycles. The lowest BCUT2D eigenvalue weighted by Gasteiger charge is -2.33. The summed E-state index contributed by atoms with van der Waals surface area (Å²) in [4.78, 5) is 25.6. The number of thioether (sulfide) groups is 1. The molecule has 2 fully saturated rings. The Morgan fingerprint density at radius 2 is 1.89 bits per heavy atom. The van der Waals surface area contributed by atoms with E-state index >= 15 is 0 Å². The zero-order chi connectivity index (χ0) is 18.4. The largest absolute Gasteiger partial charge is 0.412 e. The van der Waals surface area contributed by atoms with Crippen molar-refractivity contribution in [3.05, 3.63) is 11.8 Å². The average Bonchev–Trinajstić information content (AvgIpc) is 2.69. The fourth-order valence-corrected chi connectivity index (χ4v) is 3.71. The van der Waals surface area contributed by atoms with E-state index in [0.29, 0.717) is 0 Å². The van der Waals surface area contributed by atoms with Gasteiger partial charge in [0.15, 0.2) is 0 Å². The summed E-state index contributed by atoms with van der Waals surface area (Å²) in [7, 11) is 1.64. The van der Waals surface area contributed by atoms with E-state index in [4.69, 9.17) is 14.7 Å². The van der Waals surface area contributed by atoms with Crippen LogP contribution in [0.5, 0.6) is 0 Å². The van der Waals surface area contributed by atoms with Gasteiger partial charge in [-0.2, -0.15) is 16.7 Å². The molecule has 1 aromatic heterocycles. The second-order valence-corrected chi connectivity index (χ2v) is 7.40. The molecule has 2 amide bonds. The van der Waals surface area contributed by atoms with E-state index in [1.54, 1.807) is 18.8 Å². The highest BCUT2D eigenvalue weighted by Crippen LogP contribution is 2.23. The topological polar surface area (TPSA) is 146 Å². The lowest BCUT2D eigenvalue weighted by atomic mass is 10.1. The Labute approximate surface area is 173 Å². The van der Waals surface area contributed by atoms with Crippen LogP contribution in [0.2, 0.25) is 0 Å². The van der Waals surface area contributed by atoms with Crippen LogP contribution in [0.3, 0.4) is 0 Å².